The standard InChI is InChI=1S/C15H23NO2/c1-14(2,3)18-13(17)15(4,11-16)10-12-8-6-5-7-9-12/h5-9H,10-11,16H2,1-4H3/t15-/m1/s1. The minimum absolute atomic E-state index is 0.235. The highest BCUT2D eigenvalue weighted by Crippen LogP contribution is 2.25. The summed E-state index contributed by atoms with van der Waals surface area (Å²) in [5.41, 5.74) is 5.71. The summed E-state index contributed by atoms with van der Waals surface area (Å²) in [5.74, 6) is -0.235. The third-order valence-electron chi connectivity index (χ3n) is 2.78. The van der Waals surface area contributed by atoms with Crippen molar-refractivity contribution in [3.63, 3.8) is 0 Å². The molecule has 0 bridgehead atoms. The first-order valence-corrected chi connectivity index (χ1v) is 6.24. The summed E-state index contributed by atoms with van der Waals surface area (Å²) >= 11 is 0. The molecule has 0 amide bonds. The van der Waals surface area contributed by atoms with E-state index in [-0.39, 0.29) is 12.5 Å². The Balaban J connectivity index is 2.82. The maximum atomic E-state index is 12.2. The molecule has 0 radical (unpaired) electrons. The fourth-order valence-corrected chi connectivity index (χ4v) is 1.68. The van der Waals surface area contributed by atoms with Gasteiger partial charge in [0.25, 0.3) is 0 Å². The number of rotatable bonds is 4. The van der Waals surface area contributed by atoms with Crippen molar-refractivity contribution in [3.8, 4) is 0 Å². The molecular weight excluding hydrogens is 226 g/mol. The number of benzene rings is 1. The van der Waals surface area contributed by atoms with Gasteiger partial charge in [0.2, 0.25) is 0 Å². The van der Waals surface area contributed by atoms with E-state index >= 15 is 0 Å². The number of ether oxygens (including phenoxy) is 1. The van der Waals surface area contributed by atoms with Gasteiger partial charge < -0.3 is 10.5 Å². The van der Waals surface area contributed by atoms with Crippen LogP contribution in [0.1, 0.15) is 33.3 Å². The molecule has 100 valence electrons. The van der Waals surface area contributed by atoms with Crippen molar-refractivity contribution >= 4 is 5.97 Å². The Morgan fingerprint density at radius 1 is 1.17 bits per heavy atom. The molecule has 0 aromatic heterocycles. The van der Waals surface area contributed by atoms with Gasteiger partial charge in [-0.15, -0.1) is 0 Å². The van der Waals surface area contributed by atoms with Crippen LogP contribution in [0.3, 0.4) is 0 Å². The first-order chi connectivity index (χ1) is 8.27. The molecule has 1 aromatic rings. The van der Waals surface area contributed by atoms with Crippen LogP contribution < -0.4 is 5.73 Å². The van der Waals surface area contributed by atoms with Crippen molar-refractivity contribution in [2.45, 2.75) is 39.7 Å². The van der Waals surface area contributed by atoms with Gasteiger partial charge in [-0.2, -0.15) is 0 Å². The highest BCUT2D eigenvalue weighted by atomic mass is 16.6. The maximum Gasteiger partial charge on any atom is 0.313 e. The third-order valence-corrected chi connectivity index (χ3v) is 2.78. The predicted octanol–water partition coefficient (Wildman–Crippen LogP) is 2.54. The lowest BCUT2D eigenvalue weighted by atomic mass is 9.83. The van der Waals surface area contributed by atoms with Crippen LogP contribution in [-0.4, -0.2) is 18.1 Å². The molecule has 0 fully saturated rings. The summed E-state index contributed by atoms with van der Waals surface area (Å²) < 4.78 is 5.45. The second-order valence-corrected chi connectivity index (χ2v) is 5.93. The third kappa shape index (κ3) is 4.15. The Hall–Kier alpha value is -1.35. The second-order valence-electron chi connectivity index (χ2n) is 5.93. The minimum atomic E-state index is -0.672. The zero-order chi connectivity index (χ0) is 13.8. The fraction of sp³-hybridized carbons (Fsp3) is 0.533. The van der Waals surface area contributed by atoms with E-state index in [0.29, 0.717) is 6.42 Å². The summed E-state index contributed by atoms with van der Waals surface area (Å²) in [7, 11) is 0. The molecule has 0 saturated heterocycles. The monoisotopic (exact) mass is 249 g/mol. The van der Waals surface area contributed by atoms with Crippen LogP contribution in [0.25, 0.3) is 0 Å². The molecule has 18 heavy (non-hydrogen) atoms. The zero-order valence-electron chi connectivity index (χ0n) is 11.7. The van der Waals surface area contributed by atoms with E-state index < -0.39 is 11.0 Å². The highest BCUT2D eigenvalue weighted by molar-refractivity contribution is 5.77. The van der Waals surface area contributed by atoms with Crippen LogP contribution in [0.15, 0.2) is 30.3 Å². The molecule has 3 heteroatoms. The highest BCUT2D eigenvalue weighted by Gasteiger charge is 2.36. The van der Waals surface area contributed by atoms with Crippen LogP contribution in [-0.2, 0) is 16.0 Å². The van der Waals surface area contributed by atoms with Gasteiger partial charge in [0.1, 0.15) is 5.60 Å². The van der Waals surface area contributed by atoms with Gasteiger partial charge in [-0.25, -0.2) is 0 Å². The lowest BCUT2D eigenvalue weighted by molar-refractivity contribution is -0.166. The van der Waals surface area contributed by atoms with E-state index in [4.69, 9.17) is 10.5 Å². The van der Waals surface area contributed by atoms with E-state index in [1.54, 1.807) is 0 Å². The number of carbonyl (C=O) groups excluding carboxylic acids is 1. The van der Waals surface area contributed by atoms with Gasteiger partial charge in [0, 0.05) is 6.54 Å². The molecule has 1 atom stereocenters. The molecule has 1 rings (SSSR count). The van der Waals surface area contributed by atoms with Crippen LogP contribution in [0.5, 0.6) is 0 Å². The zero-order valence-corrected chi connectivity index (χ0v) is 11.7. The fourth-order valence-electron chi connectivity index (χ4n) is 1.68. The van der Waals surface area contributed by atoms with Crippen molar-refractivity contribution in [1.82, 2.24) is 0 Å². The largest absolute Gasteiger partial charge is 0.460 e. The van der Waals surface area contributed by atoms with Crippen molar-refractivity contribution < 1.29 is 9.53 Å². The van der Waals surface area contributed by atoms with Gasteiger partial charge in [-0.1, -0.05) is 30.3 Å². The number of hydrogen-bond donors (Lipinski definition) is 1. The van der Waals surface area contributed by atoms with E-state index in [2.05, 4.69) is 0 Å². The van der Waals surface area contributed by atoms with E-state index in [1.165, 1.54) is 0 Å². The average molecular weight is 249 g/mol. The Morgan fingerprint density at radius 2 is 1.72 bits per heavy atom. The molecule has 0 aliphatic rings. The SMILES string of the molecule is CC(C)(C)OC(=O)[C@@](C)(CN)Cc1ccccc1. The van der Waals surface area contributed by atoms with Gasteiger partial charge in [-0.05, 0) is 39.7 Å². The maximum absolute atomic E-state index is 12.2. The molecule has 0 aliphatic heterocycles. The lowest BCUT2D eigenvalue weighted by Gasteiger charge is -2.30. The summed E-state index contributed by atoms with van der Waals surface area (Å²) in [6.45, 7) is 7.73. The Morgan fingerprint density at radius 3 is 2.17 bits per heavy atom. The van der Waals surface area contributed by atoms with Crippen molar-refractivity contribution in [1.29, 1.82) is 0 Å². The smallest absolute Gasteiger partial charge is 0.313 e. The van der Waals surface area contributed by atoms with Crippen molar-refractivity contribution in [2.24, 2.45) is 11.1 Å². The number of carbonyl (C=O) groups is 1. The van der Waals surface area contributed by atoms with Gasteiger partial charge >= 0.3 is 5.97 Å². The van der Waals surface area contributed by atoms with E-state index in [0.717, 1.165) is 5.56 Å². The number of nitrogens with two attached hydrogens (primary N) is 1. The lowest BCUT2D eigenvalue weighted by Crippen LogP contribution is -2.42. The molecular formula is C15H23NO2. The van der Waals surface area contributed by atoms with E-state index in [1.807, 2.05) is 58.0 Å². The summed E-state index contributed by atoms with van der Waals surface area (Å²) in [6, 6.07) is 9.87. The normalized spacial score (nSPS) is 14.9. The molecule has 0 unspecified atom stereocenters. The first kappa shape index (κ1) is 14.7. The topological polar surface area (TPSA) is 52.3 Å². The van der Waals surface area contributed by atoms with Gasteiger partial charge in [0.05, 0.1) is 5.41 Å². The van der Waals surface area contributed by atoms with Crippen LogP contribution in [0, 0.1) is 5.41 Å². The number of hydrogen-bond acceptors (Lipinski definition) is 3. The second kappa shape index (κ2) is 5.53. The van der Waals surface area contributed by atoms with Crippen LogP contribution >= 0.6 is 0 Å². The molecule has 3 nitrogen and oxygen atoms in total. The predicted molar refractivity (Wildman–Crippen MR) is 73.2 cm³/mol. The Kier molecular flexibility index (Phi) is 4.52. The van der Waals surface area contributed by atoms with Crippen molar-refractivity contribution in [3.05, 3.63) is 35.9 Å². The molecule has 1 aromatic carbocycles. The van der Waals surface area contributed by atoms with Crippen LogP contribution in [0.4, 0.5) is 0 Å². The molecule has 0 heterocycles. The van der Waals surface area contributed by atoms with Gasteiger partial charge in [-0.3, -0.25) is 4.79 Å². The van der Waals surface area contributed by atoms with Crippen molar-refractivity contribution in [2.75, 3.05) is 6.54 Å². The molecule has 0 saturated carbocycles. The Labute approximate surface area is 109 Å². The molecule has 0 aliphatic carbocycles. The average Bonchev–Trinajstić information content (AvgIpc) is 2.28. The Bertz CT molecular complexity index is 395. The van der Waals surface area contributed by atoms with Gasteiger partial charge in [0.15, 0.2) is 0 Å². The number of esters is 1. The van der Waals surface area contributed by atoms with Crippen LogP contribution in [0.2, 0.25) is 0 Å². The quantitative estimate of drug-likeness (QED) is 0.834. The van der Waals surface area contributed by atoms with E-state index in [9.17, 15) is 4.79 Å². The summed E-state index contributed by atoms with van der Waals surface area (Å²) in [4.78, 5) is 12.2. The summed E-state index contributed by atoms with van der Waals surface area (Å²) in [6.07, 6.45) is 0.596. The first-order valence-electron chi connectivity index (χ1n) is 6.24. The molecule has 2 N–H and O–H groups in total. The summed E-state index contributed by atoms with van der Waals surface area (Å²) in [5, 5.41) is 0. The molecule has 0 spiro atoms. The minimum Gasteiger partial charge on any atom is -0.460 e.